The van der Waals surface area contributed by atoms with Crippen molar-refractivity contribution in [1.29, 1.82) is 0 Å². The SMILES string of the molecule is O=S(=O)(O)O.[H+].[H+].[Zn]. The summed E-state index contributed by atoms with van der Waals surface area (Å²) in [5.74, 6) is 0. The third kappa shape index (κ3) is 225. The van der Waals surface area contributed by atoms with Gasteiger partial charge >= 0.3 is 13.3 Å². The van der Waals surface area contributed by atoms with Gasteiger partial charge in [-0.2, -0.15) is 8.42 Å². The Morgan fingerprint density at radius 3 is 1.33 bits per heavy atom. The quantitative estimate of drug-likeness (QED) is 0.377. The van der Waals surface area contributed by atoms with Gasteiger partial charge in [0.05, 0.1) is 0 Å². The molecule has 0 atom stereocenters. The van der Waals surface area contributed by atoms with Crippen molar-refractivity contribution in [2.24, 2.45) is 0 Å². The van der Waals surface area contributed by atoms with Gasteiger partial charge in [0, 0.05) is 19.5 Å². The Bertz CT molecular complexity index is 97.2. The van der Waals surface area contributed by atoms with Crippen LogP contribution >= 0.6 is 0 Å². The smallest absolute Gasteiger partial charge is 0.264 e. The van der Waals surface area contributed by atoms with E-state index in [0.29, 0.717) is 0 Å². The molecule has 6 heteroatoms. The molecule has 0 heterocycles. The van der Waals surface area contributed by atoms with Crippen molar-refractivity contribution in [3.63, 3.8) is 0 Å². The molecular formula is H4O4SZn+2. The van der Waals surface area contributed by atoms with Crippen molar-refractivity contribution < 1.29 is 39.9 Å². The Morgan fingerprint density at radius 1 is 1.33 bits per heavy atom. The minimum absolute atomic E-state index is 0. The second kappa shape index (κ2) is 2.63. The summed E-state index contributed by atoms with van der Waals surface area (Å²) >= 11 is 0. The van der Waals surface area contributed by atoms with Gasteiger partial charge in [0.2, 0.25) is 0 Å². The maximum absolute atomic E-state index is 8.74. The summed E-state index contributed by atoms with van der Waals surface area (Å²) in [5.41, 5.74) is 0. The van der Waals surface area contributed by atoms with Crippen LogP contribution in [0.25, 0.3) is 0 Å². The van der Waals surface area contributed by atoms with Gasteiger partial charge in [-0.25, -0.2) is 0 Å². The molecule has 0 aliphatic carbocycles. The maximum atomic E-state index is 8.74. The largest absolute Gasteiger partial charge is 1.00 e. The molecule has 34 valence electrons. The van der Waals surface area contributed by atoms with E-state index >= 15 is 0 Å². The summed E-state index contributed by atoms with van der Waals surface area (Å²) in [5, 5.41) is 0. The molecule has 0 radical (unpaired) electrons. The first-order valence-electron chi connectivity index (χ1n) is 0.698. The standard InChI is InChI=1S/H2O4S.Zn/c1-5(2,3)4;/h(H2,1,2,3,4);/p+2. The normalized spacial score (nSPS) is 9.67. The molecule has 6 heavy (non-hydrogen) atoms. The molecule has 0 fully saturated rings. The topological polar surface area (TPSA) is 74.6 Å². The first-order chi connectivity index (χ1) is 2.00. The Morgan fingerprint density at radius 2 is 1.33 bits per heavy atom. The fourth-order valence-corrected chi connectivity index (χ4v) is 0. The van der Waals surface area contributed by atoms with Gasteiger partial charge in [-0.15, -0.1) is 0 Å². The predicted molar refractivity (Wildman–Crippen MR) is 16.4 cm³/mol. The van der Waals surface area contributed by atoms with Crippen molar-refractivity contribution >= 4 is 10.4 Å². The first kappa shape index (κ1) is 9.71. The summed E-state index contributed by atoms with van der Waals surface area (Å²) < 4.78 is 31.6. The zero-order valence-corrected chi connectivity index (χ0v) is 6.61. The van der Waals surface area contributed by atoms with Crippen LogP contribution in [0.5, 0.6) is 0 Å². The fourth-order valence-electron chi connectivity index (χ4n) is 0. The molecular weight excluding hydrogens is 161 g/mol. The third-order valence-corrected chi connectivity index (χ3v) is 0. The fraction of sp³-hybridized carbons (Fsp3) is 0. The summed E-state index contributed by atoms with van der Waals surface area (Å²) in [7, 11) is -4.67. The van der Waals surface area contributed by atoms with Crippen LogP contribution in [0, 0.1) is 0 Å². The Hall–Kier alpha value is 0.493. The van der Waals surface area contributed by atoms with E-state index in [2.05, 4.69) is 0 Å². The van der Waals surface area contributed by atoms with E-state index in [1.807, 2.05) is 0 Å². The molecule has 0 rings (SSSR count). The number of rotatable bonds is 0. The Balaban J connectivity index is -0.0000000267. The third-order valence-electron chi connectivity index (χ3n) is 0. The minimum Gasteiger partial charge on any atom is -0.264 e. The van der Waals surface area contributed by atoms with Crippen molar-refractivity contribution in [1.82, 2.24) is 0 Å². The van der Waals surface area contributed by atoms with Gasteiger partial charge in [0.25, 0.3) is 0 Å². The summed E-state index contributed by atoms with van der Waals surface area (Å²) in [6, 6.07) is 0. The Kier molecular flexibility index (Phi) is 4.25. The summed E-state index contributed by atoms with van der Waals surface area (Å²) in [4.78, 5) is 0. The van der Waals surface area contributed by atoms with Gasteiger partial charge in [-0.1, -0.05) is 0 Å². The molecule has 0 saturated carbocycles. The summed E-state index contributed by atoms with van der Waals surface area (Å²) in [6.07, 6.45) is 0. The minimum atomic E-state index is -4.67. The second-order valence-electron chi connectivity index (χ2n) is 0.448. The van der Waals surface area contributed by atoms with Crippen LogP contribution in [-0.4, -0.2) is 17.5 Å². The molecule has 0 aliphatic rings. The number of hydrogen-bond donors (Lipinski definition) is 2. The van der Waals surface area contributed by atoms with Crippen LogP contribution in [0.1, 0.15) is 2.85 Å². The molecule has 0 saturated heterocycles. The first-order valence-corrected chi connectivity index (χ1v) is 2.10. The molecule has 0 aromatic rings. The van der Waals surface area contributed by atoms with E-state index in [4.69, 9.17) is 17.5 Å². The zero-order valence-electron chi connectivity index (χ0n) is 4.83. The van der Waals surface area contributed by atoms with Crippen molar-refractivity contribution in [2.75, 3.05) is 0 Å². The number of hydrogen-bond acceptors (Lipinski definition) is 2. The average molecular weight is 165 g/mol. The molecule has 0 amide bonds. The van der Waals surface area contributed by atoms with E-state index < -0.39 is 10.4 Å². The Labute approximate surface area is 50.9 Å². The average Bonchev–Trinajstić information content (AvgIpc) is 0.722. The van der Waals surface area contributed by atoms with Crippen LogP contribution in [0.3, 0.4) is 0 Å². The van der Waals surface area contributed by atoms with Gasteiger partial charge < -0.3 is 0 Å². The van der Waals surface area contributed by atoms with Gasteiger partial charge in [-0.3, -0.25) is 9.11 Å². The molecule has 0 bridgehead atoms. The molecule has 0 unspecified atom stereocenters. The van der Waals surface area contributed by atoms with Crippen LogP contribution in [0.15, 0.2) is 0 Å². The molecule has 0 aromatic carbocycles. The van der Waals surface area contributed by atoms with E-state index in [-0.39, 0.29) is 22.3 Å². The van der Waals surface area contributed by atoms with Crippen LogP contribution in [-0.2, 0) is 29.9 Å². The van der Waals surface area contributed by atoms with Crippen LogP contribution < -0.4 is 0 Å². The monoisotopic (exact) mass is 164 g/mol. The van der Waals surface area contributed by atoms with Crippen LogP contribution in [0.2, 0.25) is 0 Å². The van der Waals surface area contributed by atoms with Crippen molar-refractivity contribution in [3.8, 4) is 0 Å². The van der Waals surface area contributed by atoms with Gasteiger partial charge in [-0.05, 0) is 0 Å². The van der Waals surface area contributed by atoms with Crippen LogP contribution in [0.4, 0.5) is 0 Å². The second-order valence-corrected chi connectivity index (χ2v) is 1.34. The van der Waals surface area contributed by atoms with E-state index in [0.717, 1.165) is 0 Å². The van der Waals surface area contributed by atoms with Crippen molar-refractivity contribution in [3.05, 3.63) is 0 Å². The van der Waals surface area contributed by atoms with E-state index in [1.165, 1.54) is 0 Å². The molecule has 0 spiro atoms. The van der Waals surface area contributed by atoms with Gasteiger partial charge in [0.1, 0.15) is 0 Å². The maximum Gasteiger partial charge on any atom is 1.00 e. The molecule has 4 nitrogen and oxygen atoms in total. The van der Waals surface area contributed by atoms with Gasteiger partial charge in [0.15, 0.2) is 0 Å². The van der Waals surface area contributed by atoms with Crippen molar-refractivity contribution in [2.45, 2.75) is 0 Å². The molecule has 0 aliphatic heterocycles. The van der Waals surface area contributed by atoms with E-state index in [9.17, 15) is 0 Å². The molecule has 2 N–H and O–H groups in total. The molecule has 0 aromatic heterocycles. The zero-order chi connectivity index (χ0) is 4.50. The van der Waals surface area contributed by atoms with E-state index in [1.54, 1.807) is 0 Å². The summed E-state index contributed by atoms with van der Waals surface area (Å²) in [6.45, 7) is 0. The predicted octanol–water partition coefficient (Wildman–Crippen LogP) is -0.430.